The van der Waals surface area contributed by atoms with E-state index in [4.69, 9.17) is 4.74 Å². The quantitative estimate of drug-likeness (QED) is 0.812. The Labute approximate surface area is 156 Å². The minimum atomic E-state index is -0.509. The summed E-state index contributed by atoms with van der Waals surface area (Å²) in [5, 5.41) is 0. The van der Waals surface area contributed by atoms with E-state index in [1.807, 2.05) is 69.8 Å². The zero-order valence-corrected chi connectivity index (χ0v) is 16.8. The van der Waals surface area contributed by atoms with Gasteiger partial charge in [0.2, 0.25) is 0 Å². The van der Waals surface area contributed by atoms with Crippen molar-refractivity contribution in [3.8, 4) is 0 Å². The Bertz CT molecular complexity index is 665. The van der Waals surface area contributed by atoms with Gasteiger partial charge in [-0.15, -0.1) is 0 Å². The highest BCUT2D eigenvalue weighted by Gasteiger charge is 2.26. The van der Waals surface area contributed by atoms with Gasteiger partial charge in [0.15, 0.2) is 0 Å². The van der Waals surface area contributed by atoms with Crippen molar-refractivity contribution in [3.05, 3.63) is 29.3 Å². The second kappa shape index (κ2) is 7.98. The van der Waals surface area contributed by atoms with Crippen molar-refractivity contribution in [2.45, 2.75) is 39.7 Å². The first kappa shape index (κ1) is 20.1. The van der Waals surface area contributed by atoms with Gasteiger partial charge in [0, 0.05) is 51.5 Å². The monoisotopic (exact) mass is 361 g/mol. The molecule has 26 heavy (non-hydrogen) atoms. The average Bonchev–Trinajstić information content (AvgIpc) is 2.78. The molecule has 0 spiro atoms. The highest BCUT2D eigenvalue weighted by Crippen LogP contribution is 2.20. The molecule has 1 aliphatic heterocycles. The number of aryl methyl sites for hydroxylation is 1. The van der Waals surface area contributed by atoms with E-state index in [-0.39, 0.29) is 12.0 Å². The minimum absolute atomic E-state index is 0.0180. The standard InChI is InChI=1S/C20H31N3O3/c1-15-14-16(8-9-17(15)21(5)6)18(24)22-10-7-11-23(13-12-22)19(25)26-20(2,3)4/h8-9,14H,7,10-13H2,1-6H3. The lowest BCUT2D eigenvalue weighted by Crippen LogP contribution is -2.40. The smallest absolute Gasteiger partial charge is 0.410 e. The second-order valence-corrected chi connectivity index (χ2v) is 8.01. The molecule has 1 heterocycles. The Hall–Kier alpha value is -2.24. The van der Waals surface area contributed by atoms with E-state index in [1.54, 1.807) is 4.90 Å². The van der Waals surface area contributed by atoms with Crippen LogP contribution in [0, 0.1) is 6.92 Å². The lowest BCUT2D eigenvalue weighted by molar-refractivity contribution is 0.0255. The molecule has 0 aromatic heterocycles. The van der Waals surface area contributed by atoms with Crippen LogP contribution in [0.2, 0.25) is 0 Å². The van der Waals surface area contributed by atoms with Crippen LogP contribution in [0.4, 0.5) is 10.5 Å². The number of nitrogens with zero attached hydrogens (tertiary/aromatic N) is 3. The number of anilines is 1. The van der Waals surface area contributed by atoms with E-state index in [0.29, 0.717) is 31.7 Å². The lowest BCUT2D eigenvalue weighted by Gasteiger charge is -2.26. The van der Waals surface area contributed by atoms with Gasteiger partial charge >= 0.3 is 6.09 Å². The van der Waals surface area contributed by atoms with Crippen LogP contribution in [-0.2, 0) is 4.74 Å². The number of rotatable bonds is 2. The third kappa shape index (κ3) is 5.13. The SMILES string of the molecule is Cc1cc(C(=O)N2CCCN(C(=O)OC(C)(C)C)CC2)ccc1N(C)C. The Morgan fingerprint density at radius 3 is 2.23 bits per heavy atom. The van der Waals surface area contributed by atoms with Gasteiger partial charge in [-0.2, -0.15) is 0 Å². The summed E-state index contributed by atoms with van der Waals surface area (Å²) in [6, 6.07) is 5.79. The van der Waals surface area contributed by atoms with Crippen LogP contribution < -0.4 is 4.90 Å². The maximum atomic E-state index is 12.9. The molecule has 0 aliphatic carbocycles. The maximum absolute atomic E-state index is 12.9. The Balaban J connectivity index is 2.03. The Morgan fingerprint density at radius 1 is 1.04 bits per heavy atom. The predicted molar refractivity (Wildman–Crippen MR) is 104 cm³/mol. The van der Waals surface area contributed by atoms with Crippen molar-refractivity contribution in [2.75, 3.05) is 45.2 Å². The van der Waals surface area contributed by atoms with Crippen molar-refractivity contribution < 1.29 is 14.3 Å². The molecule has 1 saturated heterocycles. The summed E-state index contributed by atoms with van der Waals surface area (Å²) in [6.45, 7) is 9.86. The van der Waals surface area contributed by atoms with E-state index in [9.17, 15) is 9.59 Å². The first-order chi connectivity index (χ1) is 12.1. The fraction of sp³-hybridized carbons (Fsp3) is 0.600. The van der Waals surface area contributed by atoms with Crippen LogP contribution >= 0.6 is 0 Å². The Kier molecular flexibility index (Phi) is 6.16. The van der Waals surface area contributed by atoms with Crippen LogP contribution in [0.3, 0.4) is 0 Å². The number of carbonyl (C=O) groups is 2. The maximum Gasteiger partial charge on any atom is 0.410 e. The van der Waals surface area contributed by atoms with Crippen molar-refractivity contribution in [1.82, 2.24) is 9.80 Å². The fourth-order valence-electron chi connectivity index (χ4n) is 3.10. The van der Waals surface area contributed by atoms with E-state index < -0.39 is 5.60 Å². The number of carbonyl (C=O) groups excluding carboxylic acids is 2. The zero-order valence-electron chi connectivity index (χ0n) is 16.8. The van der Waals surface area contributed by atoms with Gasteiger partial charge in [0.1, 0.15) is 5.60 Å². The van der Waals surface area contributed by atoms with E-state index in [2.05, 4.69) is 0 Å². The third-order valence-electron chi connectivity index (χ3n) is 4.36. The molecule has 2 rings (SSSR count). The molecule has 0 radical (unpaired) electrons. The van der Waals surface area contributed by atoms with Gasteiger partial charge in [0.05, 0.1) is 0 Å². The fourth-order valence-corrected chi connectivity index (χ4v) is 3.10. The second-order valence-electron chi connectivity index (χ2n) is 8.01. The largest absolute Gasteiger partial charge is 0.444 e. The summed E-state index contributed by atoms with van der Waals surface area (Å²) in [5.74, 6) is 0.0180. The van der Waals surface area contributed by atoms with Gasteiger partial charge < -0.3 is 19.4 Å². The number of ether oxygens (including phenoxy) is 1. The van der Waals surface area contributed by atoms with Gasteiger partial charge in [0.25, 0.3) is 5.91 Å². The summed E-state index contributed by atoms with van der Waals surface area (Å²) >= 11 is 0. The molecule has 0 N–H and O–H groups in total. The van der Waals surface area contributed by atoms with Gasteiger partial charge in [-0.3, -0.25) is 4.79 Å². The summed E-state index contributed by atoms with van der Waals surface area (Å²) in [5.41, 5.74) is 2.36. The molecule has 6 nitrogen and oxygen atoms in total. The number of benzene rings is 1. The molecule has 0 atom stereocenters. The van der Waals surface area contributed by atoms with Gasteiger partial charge in [-0.25, -0.2) is 4.79 Å². The lowest BCUT2D eigenvalue weighted by atomic mass is 10.1. The summed E-state index contributed by atoms with van der Waals surface area (Å²) in [6.07, 6.45) is 0.442. The predicted octanol–water partition coefficient (Wildman–Crippen LogP) is 3.14. The minimum Gasteiger partial charge on any atom is -0.444 e. The number of hydrogen-bond donors (Lipinski definition) is 0. The van der Waals surface area contributed by atoms with Crippen LogP contribution in [-0.4, -0.2) is 67.7 Å². The molecule has 1 aromatic rings. The first-order valence-corrected chi connectivity index (χ1v) is 9.13. The molecule has 144 valence electrons. The molecular weight excluding hydrogens is 330 g/mol. The summed E-state index contributed by atoms with van der Waals surface area (Å²) < 4.78 is 5.44. The molecule has 0 unspecified atom stereocenters. The van der Waals surface area contributed by atoms with Gasteiger partial charge in [-0.1, -0.05) is 0 Å². The molecular formula is C20H31N3O3. The van der Waals surface area contributed by atoms with Gasteiger partial charge in [-0.05, 0) is 57.9 Å². The zero-order chi connectivity index (χ0) is 19.5. The van der Waals surface area contributed by atoms with E-state index in [0.717, 1.165) is 17.7 Å². The molecule has 0 bridgehead atoms. The first-order valence-electron chi connectivity index (χ1n) is 9.13. The highest BCUT2D eigenvalue weighted by atomic mass is 16.6. The third-order valence-corrected chi connectivity index (χ3v) is 4.36. The number of hydrogen-bond acceptors (Lipinski definition) is 4. The molecule has 2 amide bonds. The highest BCUT2D eigenvalue weighted by molar-refractivity contribution is 5.95. The molecule has 1 aliphatic rings. The summed E-state index contributed by atoms with van der Waals surface area (Å²) in [4.78, 5) is 30.7. The van der Waals surface area contributed by atoms with E-state index in [1.165, 1.54) is 0 Å². The van der Waals surface area contributed by atoms with Crippen LogP contribution in [0.25, 0.3) is 0 Å². The molecule has 1 fully saturated rings. The molecule has 1 aromatic carbocycles. The average molecular weight is 361 g/mol. The Morgan fingerprint density at radius 2 is 1.65 bits per heavy atom. The molecule has 0 saturated carbocycles. The van der Waals surface area contributed by atoms with Crippen molar-refractivity contribution in [2.24, 2.45) is 0 Å². The topological polar surface area (TPSA) is 53.1 Å². The van der Waals surface area contributed by atoms with Crippen molar-refractivity contribution >= 4 is 17.7 Å². The summed E-state index contributed by atoms with van der Waals surface area (Å²) in [7, 11) is 3.98. The van der Waals surface area contributed by atoms with Crippen LogP contribution in [0.15, 0.2) is 18.2 Å². The van der Waals surface area contributed by atoms with Crippen LogP contribution in [0.5, 0.6) is 0 Å². The molecule has 6 heteroatoms. The normalized spacial score (nSPS) is 15.5. The van der Waals surface area contributed by atoms with Crippen molar-refractivity contribution in [1.29, 1.82) is 0 Å². The van der Waals surface area contributed by atoms with E-state index >= 15 is 0 Å². The van der Waals surface area contributed by atoms with Crippen LogP contribution in [0.1, 0.15) is 43.1 Å². The number of amides is 2. The van der Waals surface area contributed by atoms with Crippen molar-refractivity contribution in [3.63, 3.8) is 0 Å².